The summed E-state index contributed by atoms with van der Waals surface area (Å²) in [4.78, 5) is 16.9. The fourth-order valence-corrected chi connectivity index (χ4v) is 3.40. The molecule has 1 amide bonds. The summed E-state index contributed by atoms with van der Waals surface area (Å²) in [5.74, 6) is 1.05. The van der Waals surface area contributed by atoms with Crippen LogP contribution in [0.3, 0.4) is 0 Å². The molecular formula is C18H18N4O2S. The van der Waals surface area contributed by atoms with Crippen LogP contribution < -0.4 is 10.1 Å². The molecule has 0 bridgehead atoms. The van der Waals surface area contributed by atoms with Crippen LogP contribution in [0, 0.1) is 6.92 Å². The molecule has 1 saturated carbocycles. The molecule has 0 radical (unpaired) electrons. The molecule has 7 heteroatoms. The van der Waals surface area contributed by atoms with Crippen LogP contribution in [0.25, 0.3) is 11.3 Å². The lowest BCUT2D eigenvalue weighted by Crippen LogP contribution is -2.12. The highest BCUT2D eigenvalue weighted by molar-refractivity contribution is 7.14. The number of anilines is 1. The van der Waals surface area contributed by atoms with Gasteiger partial charge in [0.05, 0.1) is 12.8 Å². The van der Waals surface area contributed by atoms with Crippen molar-refractivity contribution < 1.29 is 9.53 Å². The van der Waals surface area contributed by atoms with Gasteiger partial charge in [0.1, 0.15) is 5.75 Å². The van der Waals surface area contributed by atoms with E-state index in [0.29, 0.717) is 16.7 Å². The molecule has 0 spiro atoms. The molecule has 1 aromatic carbocycles. The fraction of sp³-hybridized carbons (Fsp3) is 0.278. The van der Waals surface area contributed by atoms with E-state index in [9.17, 15) is 4.79 Å². The lowest BCUT2D eigenvalue weighted by Gasteiger charge is -2.07. The zero-order chi connectivity index (χ0) is 17.4. The van der Waals surface area contributed by atoms with Gasteiger partial charge in [0.2, 0.25) is 0 Å². The van der Waals surface area contributed by atoms with Gasteiger partial charge in [-0.05, 0) is 38.0 Å². The smallest absolute Gasteiger partial charge is 0.277 e. The third-order valence-electron chi connectivity index (χ3n) is 4.20. The van der Waals surface area contributed by atoms with Gasteiger partial charge in [-0.15, -0.1) is 11.3 Å². The Labute approximate surface area is 149 Å². The average Bonchev–Trinajstić information content (AvgIpc) is 3.16. The van der Waals surface area contributed by atoms with Gasteiger partial charge >= 0.3 is 0 Å². The van der Waals surface area contributed by atoms with Crippen LogP contribution in [0.2, 0.25) is 0 Å². The Hall–Kier alpha value is -2.67. The van der Waals surface area contributed by atoms with Crippen LogP contribution in [0.5, 0.6) is 5.75 Å². The summed E-state index contributed by atoms with van der Waals surface area (Å²) in [6.45, 7) is 2.02. The summed E-state index contributed by atoms with van der Waals surface area (Å²) in [6, 6.07) is 7.76. The summed E-state index contributed by atoms with van der Waals surface area (Å²) in [5, 5.41) is 12.3. The molecule has 2 aromatic heterocycles. The predicted molar refractivity (Wildman–Crippen MR) is 97.4 cm³/mol. The van der Waals surface area contributed by atoms with E-state index in [4.69, 9.17) is 4.74 Å². The summed E-state index contributed by atoms with van der Waals surface area (Å²) in [5.41, 5.74) is 4.25. The SMILES string of the molecule is COc1ccc(C)cc1-c1csc(NC(=O)c2cc(C3CC3)[nH]n2)n1. The quantitative estimate of drug-likeness (QED) is 0.726. The van der Waals surface area contributed by atoms with Gasteiger partial charge in [-0.25, -0.2) is 4.98 Å². The maximum atomic E-state index is 12.3. The number of rotatable bonds is 5. The minimum absolute atomic E-state index is 0.250. The number of aryl methyl sites for hydroxylation is 1. The van der Waals surface area contributed by atoms with E-state index < -0.39 is 0 Å². The van der Waals surface area contributed by atoms with Crippen molar-refractivity contribution >= 4 is 22.4 Å². The van der Waals surface area contributed by atoms with Crippen molar-refractivity contribution in [1.82, 2.24) is 15.2 Å². The molecule has 6 nitrogen and oxygen atoms in total. The molecule has 2 N–H and O–H groups in total. The van der Waals surface area contributed by atoms with Crippen molar-refractivity contribution in [2.24, 2.45) is 0 Å². The van der Waals surface area contributed by atoms with Crippen molar-refractivity contribution in [1.29, 1.82) is 0 Å². The first-order valence-corrected chi connectivity index (χ1v) is 8.99. The van der Waals surface area contributed by atoms with E-state index in [1.54, 1.807) is 7.11 Å². The van der Waals surface area contributed by atoms with E-state index >= 15 is 0 Å². The molecule has 0 atom stereocenters. The summed E-state index contributed by atoms with van der Waals surface area (Å²) in [6.07, 6.45) is 2.33. The second kappa shape index (κ2) is 6.33. The highest BCUT2D eigenvalue weighted by atomic mass is 32.1. The second-order valence-corrected chi connectivity index (χ2v) is 7.04. The maximum Gasteiger partial charge on any atom is 0.277 e. The van der Waals surface area contributed by atoms with Crippen molar-refractivity contribution in [2.75, 3.05) is 12.4 Å². The Bertz CT molecular complexity index is 927. The Balaban J connectivity index is 1.53. The van der Waals surface area contributed by atoms with Crippen LogP contribution in [0.4, 0.5) is 5.13 Å². The maximum absolute atomic E-state index is 12.3. The Morgan fingerprint density at radius 2 is 2.20 bits per heavy atom. The average molecular weight is 354 g/mol. The van der Waals surface area contributed by atoms with E-state index in [2.05, 4.69) is 20.5 Å². The lowest BCUT2D eigenvalue weighted by molar-refractivity contribution is 0.102. The van der Waals surface area contributed by atoms with E-state index in [1.165, 1.54) is 11.3 Å². The fourth-order valence-electron chi connectivity index (χ4n) is 2.69. The minimum atomic E-state index is -0.250. The highest BCUT2D eigenvalue weighted by Gasteiger charge is 2.26. The molecule has 1 fully saturated rings. The third kappa shape index (κ3) is 3.28. The normalized spacial score (nSPS) is 13.7. The number of hydrogen-bond donors (Lipinski definition) is 2. The van der Waals surface area contributed by atoms with Crippen molar-refractivity contribution in [3.05, 3.63) is 46.6 Å². The Kier molecular flexibility index (Phi) is 4.01. The molecule has 4 rings (SSSR count). The van der Waals surface area contributed by atoms with Crippen molar-refractivity contribution in [3.8, 4) is 17.0 Å². The van der Waals surface area contributed by atoms with Crippen LogP contribution in [0.15, 0.2) is 29.6 Å². The van der Waals surface area contributed by atoms with Crippen LogP contribution in [-0.4, -0.2) is 28.2 Å². The van der Waals surface area contributed by atoms with Gasteiger partial charge in [-0.1, -0.05) is 11.6 Å². The van der Waals surface area contributed by atoms with Crippen LogP contribution in [-0.2, 0) is 0 Å². The zero-order valence-corrected chi connectivity index (χ0v) is 14.8. The number of aromatic amines is 1. The summed E-state index contributed by atoms with van der Waals surface area (Å²) < 4.78 is 5.41. The number of nitrogens with one attached hydrogen (secondary N) is 2. The number of carbonyl (C=O) groups excluding carboxylic acids is 1. The number of aromatic nitrogens is 3. The first-order valence-electron chi connectivity index (χ1n) is 8.11. The first-order chi connectivity index (χ1) is 12.1. The van der Waals surface area contributed by atoms with Gasteiger partial charge in [-0.3, -0.25) is 15.2 Å². The molecule has 25 heavy (non-hydrogen) atoms. The van der Waals surface area contributed by atoms with E-state index in [1.807, 2.05) is 36.6 Å². The molecule has 0 saturated heterocycles. The third-order valence-corrected chi connectivity index (χ3v) is 4.96. The van der Waals surface area contributed by atoms with Gasteiger partial charge < -0.3 is 4.74 Å². The van der Waals surface area contributed by atoms with Crippen molar-refractivity contribution in [3.63, 3.8) is 0 Å². The van der Waals surface area contributed by atoms with E-state index in [-0.39, 0.29) is 5.91 Å². The number of nitrogens with zero attached hydrogens (tertiary/aromatic N) is 2. The molecule has 128 valence electrons. The minimum Gasteiger partial charge on any atom is -0.496 e. The molecule has 1 aliphatic carbocycles. The molecule has 1 aliphatic rings. The Morgan fingerprint density at radius 3 is 2.96 bits per heavy atom. The topological polar surface area (TPSA) is 79.9 Å². The summed E-state index contributed by atoms with van der Waals surface area (Å²) >= 11 is 1.38. The van der Waals surface area contributed by atoms with Gasteiger partial charge in [-0.2, -0.15) is 5.10 Å². The second-order valence-electron chi connectivity index (χ2n) is 6.18. The standard InChI is InChI=1S/C18H18N4O2S/c1-10-3-6-16(24-2)12(7-10)15-9-25-18(19-15)20-17(23)14-8-13(21-22-14)11-4-5-11/h3,6-9,11H,4-5H2,1-2H3,(H,21,22)(H,19,20,23). The number of H-pyrrole nitrogens is 1. The largest absolute Gasteiger partial charge is 0.496 e. The van der Waals surface area contributed by atoms with Crippen LogP contribution >= 0.6 is 11.3 Å². The molecule has 0 aliphatic heterocycles. The number of hydrogen-bond acceptors (Lipinski definition) is 5. The molecular weight excluding hydrogens is 336 g/mol. The molecule has 0 unspecified atom stereocenters. The Morgan fingerprint density at radius 1 is 1.36 bits per heavy atom. The monoisotopic (exact) mass is 354 g/mol. The van der Waals surface area contributed by atoms with Gasteiger partial charge in [0.15, 0.2) is 10.8 Å². The molecule has 2 heterocycles. The first kappa shape index (κ1) is 15.8. The number of thiazole rings is 1. The number of methoxy groups -OCH3 is 1. The van der Waals surface area contributed by atoms with E-state index in [0.717, 1.165) is 41.1 Å². The zero-order valence-electron chi connectivity index (χ0n) is 14.0. The van der Waals surface area contributed by atoms with Crippen LogP contribution in [0.1, 0.15) is 40.5 Å². The predicted octanol–water partition coefficient (Wildman–Crippen LogP) is 3.98. The number of amides is 1. The number of ether oxygens (including phenoxy) is 1. The van der Waals surface area contributed by atoms with Gasteiger partial charge in [0, 0.05) is 22.6 Å². The van der Waals surface area contributed by atoms with Gasteiger partial charge in [0.25, 0.3) is 5.91 Å². The lowest BCUT2D eigenvalue weighted by atomic mass is 10.1. The summed E-state index contributed by atoms with van der Waals surface area (Å²) in [7, 11) is 1.64. The van der Waals surface area contributed by atoms with Crippen molar-refractivity contribution in [2.45, 2.75) is 25.7 Å². The highest BCUT2D eigenvalue weighted by Crippen LogP contribution is 2.39. The number of carbonyl (C=O) groups is 1. The molecule has 3 aromatic rings. The number of benzene rings is 1.